The highest BCUT2D eigenvalue weighted by atomic mass is 16.5. The third-order valence-corrected chi connectivity index (χ3v) is 2.28. The first-order chi connectivity index (χ1) is 7.83. The standard InChI is InChI=1S/C11H10.C4H8O/c1-3-4-5-11-8-6-10(2)7-9-11;1-2-4-5-3-1/h1,4-9H,2H3;1-4H2. The van der Waals surface area contributed by atoms with Gasteiger partial charge in [0.25, 0.3) is 0 Å². The Bertz CT molecular complexity index is 342. The van der Waals surface area contributed by atoms with Crippen molar-refractivity contribution >= 4 is 6.08 Å². The van der Waals surface area contributed by atoms with Crippen LogP contribution in [0.5, 0.6) is 0 Å². The molecule has 1 heterocycles. The molecule has 0 amide bonds. The van der Waals surface area contributed by atoms with Crippen LogP contribution in [0.15, 0.2) is 30.3 Å². The highest BCUT2D eigenvalue weighted by Crippen LogP contribution is 2.04. The first-order valence-corrected chi connectivity index (χ1v) is 5.60. The number of rotatable bonds is 1. The van der Waals surface area contributed by atoms with E-state index in [2.05, 4.69) is 25.0 Å². The molecule has 1 saturated heterocycles. The minimum atomic E-state index is 1.00. The maximum Gasteiger partial charge on any atom is 0.0466 e. The quantitative estimate of drug-likeness (QED) is 0.651. The zero-order valence-electron chi connectivity index (χ0n) is 9.78. The molecule has 1 heteroatoms. The topological polar surface area (TPSA) is 9.23 Å². The minimum absolute atomic E-state index is 1.00. The first-order valence-electron chi connectivity index (χ1n) is 5.60. The van der Waals surface area contributed by atoms with Gasteiger partial charge in [-0.15, -0.1) is 6.42 Å². The molecular formula is C15H18O. The third-order valence-electron chi connectivity index (χ3n) is 2.28. The minimum Gasteiger partial charge on any atom is -0.381 e. The van der Waals surface area contributed by atoms with E-state index in [9.17, 15) is 0 Å². The molecule has 1 nitrogen and oxygen atoms in total. The van der Waals surface area contributed by atoms with E-state index in [1.807, 2.05) is 18.2 Å². The molecule has 1 aromatic rings. The van der Waals surface area contributed by atoms with Crippen LogP contribution in [0, 0.1) is 19.3 Å². The van der Waals surface area contributed by atoms with Crippen molar-refractivity contribution < 1.29 is 4.74 Å². The molecule has 84 valence electrons. The van der Waals surface area contributed by atoms with Gasteiger partial charge in [-0.2, -0.15) is 0 Å². The molecule has 0 saturated carbocycles. The van der Waals surface area contributed by atoms with Gasteiger partial charge < -0.3 is 4.74 Å². The van der Waals surface area contributed by atoms with Crippen LogP contribution in [0.1, 0.15) is 24.0 Å². The monoisotopic (exact) mass is 214 g/mol. The summed E-state index contributed by atoms with van der Waals surface area (Å²) in [6, 6.07) is 8.22. The van der Waals surface area contributed by atoms with Gasteiger partial charge in [0.1, 0.15) is 0 Å². The Hall–Kier alpha value is -1.52. The predicted molar refractivity (Wildman–Crippen MR) is 69.1 cm³/mol. The maximum absolute atomic E-state index is 5.07. The third kappa shape index (κ3) is 5.38. The molecule has 1 aromatic carbocycles. The smallest absolute Gasteiger partial charge is 0.0466 e. The molecule has 0 radical (unpaired) electrons. The van der Waals surface area contributed by atoms with Gasteiger partial charge in [0.05, 0.1) is 0 Å². The largest absolute Gasteiger partial charge is 0.381 e. The molecule has 0 spiro atoms. The average molecular weight is 214 g/mol. The summed E-state index contributed by atoms with van der Waals surface area (Å²) in [5.41, 5.74) is 2.41. The predicted octanol–water partition coefficient (Wildman–Crippen LogP) is 3.44. The Balaban J connectivity index is 0.000000212. The fourth-order valence-electron chi connectivity index (χ4n) is 1.33. The van der Waals surface area contributed by atoms with Crippen molar-refractivity contribution in [2.75, 3.05) is 13.2 Å². The van der Waals surface area contributed by atoms with Crippen molar-refractivity contribution in [3.05, 3.63) is 41.5 Å². The summed E-state index contributed by atoms with van der Waals surface area (Å²) in [6.07, 6.45) is 11.2. The van der Waals surface area contributed by atoms with Crippen molar-refractivity contribution in [2.45, 2.75) is 19.8 Å². The Labute approximate surface area is 98.1 Å². The molecule has 1 fully saturated rings. The van der Waals surface area contributed by atoms with E-state index in [0.717, 1.165) is 18.8 Å². The van der Waals surface area contributed by atoms with Crippen LogP contribution in [0.4, 0.5) is 0 Å². The second-order valence-corrected chi connectivity index (χ2v) is 3.73. The Morgan fingerprint density at radius 2 is 1.81 bits per heavy atom. The molecular weight excluding hydrogens is 196 g/mol. The first kappa shape index (κ1) is 12.5. The van der Waals surface area contributed by atoms with Crippen LogP contribution in [-0.2, 0) is 4.74 Å². The van der Waals surface area contributed by atoms with Crippen molar-refractivity contribution in [1.29, 1.82) is 0 Å². The van der Waals surface area contributed by atoms with E-state index in [4.69, 9.17) is 11.2 Å². The molecule has 0 bridgehead atoms. The van der Waals surface area contributed by atoms with E-state index in [1.54, 1.807) is 6.08 Å². The number of benzene rings is 1. The van der Waals surface area contributed by atoms with E-state index < -0.39 is 0 Å². The van der Waals surface area contributed by atoms with Crippen molar-refractivity contribution in [3.63, 3.8) is 0 Å². The fourth-order valence-corrected chi connectivity index (χ4v) is 1.33. The Kier molecular flexibility index (Phi) is 6.06. The number of hydrogen-bond acceptors (Lipinski definition) is 1. The lowest BCUT2D eigenvalue weighted by Gasteiger charge is -1.92. The number of allylic oxidation sites excluding steroid dienone is 1. The van der Waals surface area contributed by atoms with Crippen molar-refractivity contribution in [3.8, 4) is 12.3 Å². The molecule has 0 aliphatic carbocycles. The molecule has 0 atom stereocenters. The van der Waals surface area contributed by atoms with Crippen LogP contribution < -0.4 is 0 Å². The number of aryl methyl sites for hydroxylation is 1. The molecule has 1 aliphatic rings. The van der Waals surface area contributed by atoms with Gasteiger partial charge in [0, 0.05) is 13.2 Å². The van der Waals surface area contributed by atoms with E-state index in [-0.39, 0.29) is 0 Å². The molecule has 1 aliphatic heterocycles. The fraction of sp³-hybridized carbons (Fsp3) is 0.333. The Morgan fingerprint density at radius 1 is 1.19 bits per heavy atom. The highest BCUT2D eigenvalue weighted by molar-refractivity contribution is 5.52. The summed E-state index contributed by atoms with van der Waals surface area (Å²) in [7, 11) is 0. The molecule has 0 unspecified atom stereocenters. The van der Waals surface area contributed by atoms with Crippen LogP contribution in [-0.4, -0.2) is 13.2 Å². The summed E-state index contributed by atoms with van der Waals surface area (Å²) in [6.45, 7) is 4.06. The SMILES string of the molecule is C#CC=Cc1ccc(C)cc1.C1CCOC1. The summed E-state index contributed by atoms with van der Waals surface area (Å²) in [5.74, 6) is 2.45. The highest BCUT2D eigenvalue weighted by Gasteiger charge is 1.94. The molecule has 0 aromatic heterocycles. The molecule has 0 N–H and O–H groups in total. The number of terminal acetylenes is 1. The second-order valence-electron chi connectivity index (χ2n) is 3.73. The average Bonchev–Trinajstić information content (AvgIpc) is 2.87. The zero-order valence-corrected chi connectivity index (χ0v) is 9.78. The number of hydrogen-bond donors (Lipinski definition) is 0. The van der Waals surface area contributed by atoms with E-state index in [1.165, 1.54) is 18.4 Å². The normalized spacial score (nSPS) is 14.2. The van der Waals surface area contributed by atoms with Gasteiger partial charge in [-0.3, -0.25) is 0 Å². The summed E-state index contributed by atoms with van der Waals surface area (Å²) in [5, 5.41) is 0. The van der Waals surface area contributed by atoms with Gasteiger partial charge in [-0.05, 0) is 37.5 Å². The van der Waals surface area contributed by atoms with Gasteiger partial charge in [-0.1, -0.05) is 35.7 Å². The van der Waals surface area contributed by atoms with E-state index in [0.29, 0.717) is 0 Å². The second kappa shape index (κ2) is 7.73. The Morgan fingerprint density at radius 3 is 2.25 bits per heavy atom. The van der Waals surface area contributed by atoms with Gasteiger partial charge in [-0.25, -0.2) is 0 Å². The van der Waals surface area contributed by atoms with E-state index >= 15 is 0 Å². The summed E-state index contributed by atoms with van der Waals surface area (Å²) in [4.78, 5) is 0. The van der Waals surface area contributed by atoms with Crippen LogP contribution in [0.2, 0.25) is 0 Å². The van der Waals surface area contributed by atoms with Gasteiger partial charge >= 0.3 is 0 Å². The summed E-state index contributed by atoms with van der Waals surface area (Å²) < 4.78 is 4.94. The maximum atomic E-state index is 5.07. The van der Waals surface area contributed by atoms with Crippen LogP contribution in [0.3, 0.4) is 0 Å². The van der Waals surface area contributed by atoms with Gasteiger partial charge in [0.2, 0.25) is 0 Å². The van der Waals surface area contributed by atoms with Gasteiger partial charge in [0.15, 0.2) is 0 Å². The zero-order chi connectivity index (χ0) is 11.6. The lowest BCUT2D eigenvalue weighted by atomic mass is 10.1. The number of ether oxygens (including phenoxy) is 1. The molecule has 2 rings (SSSR count). The molecule has 16 heavy (non-hydrogen) atoms. The van der Waals surface area contributed by atoms with Crippen molar-refractivity contribution in [1.82, 2.24) is 0 Å². The lowest BCUT2D eigenvalue weighted by molar-refractivity contribution is 0.198. The van der Waals surface area contributed by atoms with Crippen LogP contribution in [0.25, 0.3) is 6.08 Å². The summed E-state index contributed by atoms with van der Waals surface area (Å²) >= 11 is 0. The lowest BCUT2D eigenvalue weighted by Crippen LogP contribution is -1.74. The van der Waals surface area contributed by atoms with Crippen LogP contribution >= 0.6 is 0 Å². The van der Waals surface area contributed by atoms with Crippen molar-refractivity contribution in [2.24, 2.45) is 0 Å².